The third-order valence-corrected chi connectivity index (χ3v) is 3.03. The number of unbranched alkanes of at least 4 members (excludes halogenated alkanes) is 1. The van der Waals surface area contributed by atoms with Gasteiger partial charge in [0, 0.05) is 0 Å². The van der Waals surface area contributed by atoms with E-state index in [1.54, 1.807) is 0 Å². The average molecular weight is 204 g/mol. The van der Waals surface area contributed by atoms with E-state index in [1.165, 1.54) is 44.1 Å². The van der Waals surface area contributed by atoms with Gasteiger partial charge in [0.1, 0.15) is 0 Å². The van der Waals surface area contributed by atoms with Crippen molar-refractivity contribution in [2.45, 2.75) is 52.4 Å². The van der Waals surface area contributed by atoms with Gasteiger partial charge in [-0.1, -0.05) is 76.3 Å². The van der Waals surface area contributed by atoms with Crippen molar-refractivity contribution in [3.63, 3.8) is 0 Å². The molecule has 1 aromatic rings. The van der Waals surface area contributed by atoms with Crippen molar-refractivity contribution in [1.82, 2.24) is 0 Å². The number of hydrogen-bond donors (Lipinski definition) is 0. The molecule has 0 saturated heterocycles. The van der Waals surface area contributed by atoms with E-state index in [1.807, 2.05) is 0 Å². The summed E-state index contributed by atoms with van der Waals surface area (Å²) in [6, 6.07) is 10.9. The second-order valence-corrected chi connectivity index (χ2v) is 4.49. The van der Waals surface area contributed by atoms with E-state index in [0.717, 1.165) is 5.92 Å². The molecule has 1 atom stereocenters. The van der Waals surface area contributed by atoms with Crippen LogP contribution < -0.4 is 0 Å². The Bertz CT molecular complexity index is 237. The summed E-state index contributed by atoms with van der Waals surface area (Å²) in [6.45, 7) is 4.58. The minimum absolute atomic E-state index is 0.900. The van der Waals surface area contributed by atoms with E-state index < -0.39 is 0 Å². The molecule has 0 aliphatic carbocycles. The number of rotatable bonds is 7. The van der Waals surface area contributed by atoms with E-state index in [2.05, 4.69) is 44.2 Å². The molecule has 0 bridgehead atoms. The second-order valence-electron chi connectivity index (χ2n) is 4.49. The third kappa shape index (κ3) is 5.01. The van der Waals surface area contributed by atoms with Gasteiger partial charge in [-0.25, -0.2) is 0 Å². The van der Waals surface area contributed by atoms with Crippen molar-refractivity contribution in [2.75, 3.05) is 0 Å². The van der Waals surface area contributed by atoms with Crippen LogP contribution in [0.1, 0.15) is 51.5 Å². The van der Waals surface area contributed by atoms with Crippen LogP contribution in [0.15, 0.2) is 30.3 Å². The molecule has 0 amide bonds. The number of hydrogen-bond acceptors (Lipinski definition) is 0. The maximum absolute atomic E-state index is 2.30. The smallest absolute Gasteiger partial charge is 0.0250 e. The Morgan fingerprint density at radius 2 is 1.67 bits per heavy atom. The SMILES string of the molecule is CCCCC(CCC)Cc1ccccc1. The topological polar surface area (TPSA) is 0 Å². The van der Waals surface area contributed by atoms with Crippen molar-refractivity contribution in [3.05, 3.63) is 35.9 Å². The van der Waals surface area contributed by atoms with Gasteiger partial charge >= 0.3 is 0 Å². The van der Waals surface area contributed by atoms with Crippen molar-refractivity contribution in [1.29, 1.82) is 0 Å². The van der Waals surface area contributed by atoms with Gasteiger partial charge < -0.3 is 0 Å². The maximum atomic E-state index is 2.30. The third-order valence-electron chi connectivity index (χ3n) is 3.03. The molecule has 1 rings (SSSR count). The molecule has 0 spiro atoms. The Morgan fingerprint density at radius 3 is 2.27 bits per heavy atom. The molecule has 0 aromatic heterocycles. The molecule has 0 nitrogen and oxygen atoms in total. The van der Waals surface area contributed by atoms with Crippen LogP contribution in [0.25, 0.3) is 0 Å². The highest BCUT2D eigenvalue weighted by molar-refractivity contribution is 5.15. The van der Waals surface area contributed by atoms with E-state index >= 15 is 0 Å². The highest BCUT2D eigenvalue weighted by Crippen LogP contribution is 2.19. The Hall–Kier alpha value is -0.780. The highest BCUT2D eigenvalue weighted by atomic mass is 14.1. The summed E-state index contributed by atoms with van der Waals surface area (Å²) in [5, 5.41) is 0. The van der Waals surface area contributed by atoms with E-state index in [9.17, 15) is 0 Å². The monoisotopic (exact) mass is 204 g/mol. The van der Waals surface area contributed by atoms with Crippen LogP contribution >= 0.6 is 0 Å². The fourth-order valence-corrected chi connectivity index (χ4v) is 2.20. The van der Waals surface area contributed by atoms with Crippen LogP contribution in [0.5, 0.6) is 0 Å². The molecule has 84 valence electrons. The molecular weight excluding hydrogens is 180 g/mol. The molecule has 0 aliphatic rings. The van der Waals surface area contributed by atoms with E-state index in [4.69, 9.17) is 0 Å². The summed E-state index contributed by atoms with van der Waals surface area (Å²) in [4.78, 5) is 0. The molecule has 1 unspecified atom stereocenters. The normalized spacial score (nSPS) is 12.7. The quantitative estimate of drug-likeness (QED) is 0.596. The lowest BCUT2D eigenvalue weighted by molar-refractivity contribution is 0.427. The minimum atomic E-state index is 0.900. The summed E-state index contributed by atoms with van der Waals surface area (Å²) >= 11 is 0. The lowest BCUT2D eigenvalue weighted by Gasteiger charge is -2.15. The van der Waals surface area contributed by atoms with Gasteiger partial charge in [-0.3, -0.25) is 0 Å². The Balaban J connectivity index is 2.43. The van der Waals surface area contributed by atoms with Crippen LogP contribution in [0.4, 0.5) is 0 Å². The molecule has 0 radical (unpaired) electrons. The van der Waals surface area contributed by atoms with Gasteiger partial charge in [0.2, 0.25) is 0 Å². The summed E-state index contributed by atoms with van der Waals surface area (Å²) in [6.07, 6.45) is 8.09. The van der Waals surface area contributed by atoms with Crippen molar-refractivity contribution < 1.29 is 0 Å². The Labute approximate surface area is 94.7 Å². The van der Waals surface area contributed by atoms with Gasteiger partial charge in [-0.2, -0.15) is 0 Å². The van der Waals surface area contributed by atoms with Gasteiger partial charge in [0.05, 0.1) is 0 Å². The minimum Gasteiger partial charge on any atom is -0.0654 e. The Morgan fingerprint density at radius 1 is 0.933 bits per heavy atom. The molecule has 1 aromatic carbocycles. The standard InChI is InChI=1S/C15H24/c1-3-5-10-14(9-4-2)13-15-11-7-6-8-12-15/h6-8,11-12,14H,3-5,9-10,13H2,1-2H3. The molecular formula is C15H24. The fraction of sp³-hybridized carbons (Fsp3) is 0.600. The molecule has 0 aliphatic heterocycles. The number of benzene rings is 1. The molecule has 15 heavy (non-hydrogen) atoms. The van der Waals surface area contributed by atoms with Crippen LogP contribution in [-0.2, 0) is 6.42 Å². The zero-order valence-electron chi connectivity index (χ0n) is 10.2. The predicted molar refractivity (Wildman–Crippen MR) is 68.1 cm³/mol. The van der Waals surface area contributed by atoms with Crippen LogP contribution in [0, 0.1) is 5.92 Å². The summed E-state index contributed by atoms with van der Waals surface area (Å²) in [5.74, 6) is 0.900. The first-order chi connectivity index (χ1) is 7.36. The fourth-order valence-electron chi connectivity index (χ4n) is 2.20. The van der Waals surface area contributed by atoms with Gasteiger partial charge in [-0.05, 0) is 17.9 Å². The van der Waals surface area contributed by atoms with Crippen molar-refractivity contribution in [2.24, 2.45) is 5.92 Å². The highest BCUT2D eigenvalue weighted by Gasteiger charge is 2.07. The van der Waals surface area contributed by atoms with Crippen LogP contribution in [0.2, 0.25) is 0 Å². The first-order valence-electron chi connectivity index (χ1n) is 6.40. The molecule has 0 heteroatoms. The molecule has 0 fully saturated rings. The van der Waals surface area contributed by atoms with E-state index in [0.29, 0.717) is 0 Å². The van der Waals surface area contributed by atoms with Gasteiger partial charge in [-0.15, -0.1) is 0 Å². The molecule has 0 N–H and O–H groups in total. The summed E-state index contributed by atoms with van der Waals surface area (Å²) in [5.41, 5.74) is 1.51. The first kappa shape index (κ1) is 12.3. The molecule has 0 heterocycles. The van der Waals surface area contributed by atoms with Crippen molar-refractivity contribution >= 4 is 0 Å². The zero-order chi connectivity index (χ0) is 10.9. The second kappa shape index (κ2) is 7.50. The van der Waals surface area contributed by atoms with Crippen molar-refractivity contribution in [3.8, 4) is 0 Å². The zero-order valence-corrected chi connectivity index (χ0v) is 10.2. The molecule has 0 saturated carbocycles. The van der Waals surface area contributed by atoms with Gasteiger partial charge in [0.25, 0.3) is 0 Å². The maximum Gasteiger partial charge on any atom is -0.0250 e. The lowest BCUT2D eigenvalue weighted by atomic mass is 9.90. The largest absolute Gasteiger partial charge is 0.0654 e. The lowest BCUT2D eigenvalue weighted by Crippen LogP contribution is -2.04. The summed E-state index contributed by atoms with van der Waals surface area (Å²) in [7, 11) is 0. The average Bonchev–Trinajstić information content (AvgIpc) is 2.28. The predicted octanol–water partition coefficient (Wildman–Crippen LogP) is 4.84. The van der Waals surface area contributed by atoms with E-state index in [-0.39, 0.29) is 0 Å². The summed E-state index contributed by atoms with van der Waals surface area (Å²) < 4.78 is 0. The Kier molecular flexibility index (Phi) is 6.15. The van der Waals surface area contributed by atoms with Crippen LogP contribution in [-0.4, -0.2) is 0 Å². The first-order valence-corrected chi connectivity index (χ1v) is 6.40. The van der Waals surface area contributed by atoms with Crippen LogP contribution in [0.3, 0.4) is 0 Å². The van der Waals surface area contributed by atoms with Gasteiger partial charge in [0.15, 0.2) is 0 Å².